The fourth-order valence-corrected chi connectivity index (χ4v) is 4.23. The molecule has 0 radical (unpaired) electrons. The summed E-state index contributed by atoms with van der Waals surface area (Å²) in [5.74, 6) is 0.807. The molecule has 0 aliphatic rings. The lowest BCUT2D eigenvalue weighted by atomic mass is 10.1. The largest absolute Gasteiger partial charge is 0.497 e. The SMILES string of the molecule is COc1ccc(-c2csc(-c3nc(-c4ccc([N+](=O)[O-])cc4)cs3)n2)cc1. The lowest BCUT2D eigenvalue weighted by molar-refractivity contribution is -0.384. The zero-order valence-corrected chi connectivity index (χ0v) is 15.8. The summed E-state index contributed by atoms with van der Waals surface area (Å²) in [5.41, 5.74) is 3.61. The fourth-order valence-electron chi connectivity index (χ4n) is 2.52. The number of ether oxygens (including phenoxy) is 1. The van der Waals surface area contributed by atoms with Gasteiger partial charge in [-0.1, -0.05) is 0 Å². The van der Waals surface area contributed by atoms with Gasteiger partial charge in [0.25, 0.3) is 5.69 Å². The number of aromatic nitrogens is 2. The summed E-state index contributed by atoms with van der Waals surface area (Å²) < 4.78 is 5.18. The number of nitrogens with zero attached hydrogens (tertiary/aromatic N) is 3. The van der Waals surface area contributed by atoms with E-state index in [2.05, 4.69) is 9.97 Å². The zero-order chi connectivity index (χ0) is 18.8. The molecule has 0 spiro atoms. The van der Waals surface area contributed by atoms with Crippen molar-refractivity contribution in [2.24, 2.45) is 0 Å². The van der Waals surface area contributed by atoms with E-state index in [9.17, 15) is 10.1 Å². The third-order valence-corrected chi connectivity index (χ3v) is 5.78. The van der Waals surface area contributed by atoms with E-state index < -0.39 is 4.92 Å². The summed E-state index contributed by atoms with van der Waals surface area (Å²) in [6.07, 6.45) is 0. The van der Waals surface area contributed by atoms with Gasteiger partial charge in [-0.2, -0.15) is 0 Å². The topological polar surface area (TPSA) is 78.2 Å². The Kier molecular flexibility index (Phi) is 4.66. The third-order valence-electron chi connectivity index (χ3n) is 3.95. The molecule has 0 aliphatic carbocycles. The minimum absolute atomic E-state index is 0.0678. The summed E-state index contributed by atoms with van der Waals surface area (Å²) in [5, 5.41) is 16.4. The first-order valence-electron chi connectivity index (χ1n) is 7.95. The predicted octanol–water partition coefficient (Wildman–Crippen LogP) is 5.52. The molecule has 2 aromatic heterocycles. The molecule has 0 saturated heterocycles. The van der Waals surface area contributed by atoms with Crippen LogP contribution in [-0.2, 0) is 0 Å². The van der Waals surface area contributed by atoms with E-state index in [0.717, 1.165) is 38.3 Å². The van der Waals surface area contributed by atoms with Crippen LogP contribution in [0.3, 0.4) is 0 Å². The number of nitro groups is 1. The van der Waals surface area contributed by atoms with Crippen molar-refractivity contribution in [1.29, 1.82) is 0 Å². The Morgan fingerprint density at radius 3 is 1.78 bits per heavy atom. The molecule has 4 aromatic rings. The van der Waals surface area contributed by atoms with Crippen LogP contribution in [0.5, 0.6) is 5.75 Å². The summed E-state index contributed by atoms with van der Waals surface area (Å²) >= 11 is 3.04. The van der Waals surface area contributed by atoms with Crippen molar-refractivity contribution < 1.29 is 9.66 Å². The fraction of sp³-hybridized carbons (Fsp3) is 0.0526. The van der Waals surface area contributed by atoms with E-state index in [1.54, 1.807) is 19.2 Å². The number of hydrogen-bond donors (Lipinski definition) is 0. The smallest absolute Gasteiger partial charge is 0.269 e. The lowest BCUT2D eigenvalue weighted by Crippen LogP contribution is -1.87. The second kappa shape index (κ2) is 7.26. The van der Waals surface area contributed by atoms with Crippen molar-refractivity contribution in [3.63, 3.8) is 0 Å². The molecule has 0 aliphatic heterocycles. The molecule has 2 heterocycles. The normalized spacial score (nSPS) is 10.7. The second-order valence-electron chi connectivity index (χ2n) is 5.61. The lowest BCUT2D eigenvalue weighted by Gasteiger charge is -2.00. The van der Waals surface area contributed by atoms with Gasteiger partial charge in [0, 0.05) is 34.0 Å². The highest BCUT2D eigenvalue weighted by Crippen LogP contribution is 2.34. The molecule has 6 nitrogen and oxygen atoms in total. The molecule has 0 saturated carbocycles. The first-order chi connectivity index (χ1) is 13.1. The molecule has 4 rings (SSSR count). The number of non-ortho nitro benzene ring substituents is 1. The van der Waals surface area contributed by atoms with E-state index in [-0.39, 0.29) is 5.69 Å². The monoisotopic (exact) mass is 395 g/mol. The minimum Gasteiger partial charge on any atom is -0.497 e. The number of hydrogen-bond acceptors (Lipinski definition) is 7. The van der Waals surface area contributed by atoms with E-state index in [1.807, 2.05) is 35.0 Å². The molecular weight excluding hydrogens is 382 g/mol. The molecule has 134 valence electrons. The summed E-state index contributed by atoms with van der Waals surface area (Å²) in [4.78, 5) is 19.7. The van der Waals surface area contributed by atoms with E-state index in [0.29, 0.717) is 0 Å². The Bertz CT molecular complexity index is 1090. The Morgan fingerprint density at radius 1 is 0.852 bits per heavy atom. The van der Waals surface area contributed by atoms with E-state index >= 15 is 0 Å². The minimum atomic E-state index is -0.410. The van der Waals surface area contributed by atoms with Crippen molar-refractivity contribution in [3.8, 4) is 38.3 Å². The molecule has 0 N–H and O–H groups in total. The van der Waals surface area contributed by atoms with Crippen LogP contribution in [0.2, 0.25) is 0 Å². The number of methoxy groups -OCH3 is 1. The van der Waals surface area contributed by atoms with Gasteiger partial charge >= 0.3 is 0 Å². The summed E-state index contributed by atoms with van der Waals surface area (Å²) in [6.45, 7) is 0. The van der Waals surface area contributed by atoms with Gasteiger partial charge in [-0.3, -0.25) is 10.1 Å². The highest BCUT2D eigenvalue weighted by Gasteiger charge is 2.13. The molecule has 0 atom stereocenters. The Hall–Kier alpha value is -3.10. The van der Waals surface area contributed by atoms with Crippen molar-refractivity contribution in [3.05, 3.63) is 69.4 Å². The Morgan fingerprint density at radius 2 is 1.33 bits per heavy atom. The quantitative estimate of drug-likeness (QED) is 0.328. The molecular formula is C19H13N3O3S2. The van der Waals surface area contributed by atoms with Crippen LogP contribution in [0.25, 0.3) is 32.5 Å². The predicted molar refractivity (Wildman–Crippen MR) is 107 cm³/mol. The molecule has 8 heteroatoms. The number of thiazole rings is 2. The van der Waals surface area contributed by atoms with E-state index in [1.165, 1.54) is 34.8 Å². The van der Waals surface area contributed by atoms with Gasteiger partial charge in [0.05, 0.1) is 23.4 Å². The average Bonchev–Trinajstić information content (AvgIpc) is 3.38. The average molecular weight is 395 g/mol. The van der Waals surface area contributed by atoms with Crippen molar-refractivity contribution in [2.45, 2.75) is 0 Å². The second-order valence-corrected chi connectivity index (χ2v) is 7.32. The molecule has 0 amide bonds. The van der Waals surface area contributed by atoms with Crippen molar-refractivity contribution in [1.82, 2.24) is 9.97 Å². The van der Waals surface area contributed by atoms with Crippen LogP contribution in [0.1, 0.15) is 0 Å². The molecule has 0 bridgehead atoms. The van der Waals surface area contributed by atoms with Crippen LogP contribution >= 0.6 is 22.7 Å². The van der Waals surface area contributed by atoms with Crippen LogP contribution in [-0.4, -0.2) is 22.0 Å². The summed E-state index contributed by atoms with van der Waals surface area (Å²) in [7, 11) is 1.64. The van der Waals surface area contributed by atoms with Crippen LogP contribution in [0.15, 0.2) is 59.3 Å². The van der Waals surface area contributed by atoms with Crippen LogP contribution < -0.4 is 4.74 Å². The van der Waals surface area contributed by atoms with Gasteiger partial charge in [0.2, 0.25) is 0 Å². The van der Waals surface area contributed by atoms with Crippen LogP contribution in [0.4, 0.5) is 5.69 Å². The van der Waals surface area contributed by atoms with Gasteiger partial charge in [-0.05, 0) is 36.4 Å². The first kappa shape index (κ1) is 17.3. The van der Waals surface area contributed by atoms with Gasteiger partial charge in [-0.15, -0.1) is 22.7 Å². The summed E-state index contributed by atoms with van der Waals surface area (Å²) in [6, 6.07) is 14.2. The van der Waals surface area contributed by atoms with Gasteiger partial charge < -0.3 is 4.74 Å². The number of benzene rings is 2. The Labute approximate surface area is 162 Å². The highest BCUT2D eigenvalue weighted by atomic mass is 32.1. The highest BCUT2D eigenvalue weighted by molar-refractivity contribution is 7.20. The first-order valence-corrected chi connectivity index (χ1v) is 9.70. The van der Waals surface area contributed by atoms with Gasteiger partial charge in [-0.25, -0.2) is 9.97 Å². The maximum atomic E-state index is 10.8. The maximum absolute atomic E-state index is 10.8. The van der Waals surface area contributed by atoms with Crippen molar-refractivity contribution >= 4 is 28.4 Å². The molecule has 2 aromatic carbocycles. The number of rotatable bonds is 5. The number of nitro benzene ring substituents is 1. The third kappa shape index (κ3) is 3.57. The zero-order valence-electron chi connectivity index (χ0n) is 14.2. The maximum Gasteiger partial charge on any atom is 0.269 e. The van der Waals surface area contributed by atoms with Gasteiger partial charge in [0.1, 0.15) is 5.75 Å². The Balaban J connectivity index is 1.58. The molecule has 0 fully saturated rings. The standard InChI is InChI=1S/C19H13N3O3S2/c1-25-15-8-4-13(5-9-15)17-11-27-19(21-17)18-20-16(10-26-18)12-2-6-14(7-3-12)22(23)24/h2-11H,1H3. The molecule has 27 heavy (non-hydrogen) atoms. The van der Waals surface area contributed by atoms with E-state index in [4.69, 9.17) is 4.74 Å². The van der Waals surface area contributed by atoms with Gasteiger partial charge in [0.15, 0.2) is 10.0 Å². The molecule has 0 unspecified atom stereocenters. The van der Waals surface area contributed by atoms with Crippen LogP contribution in [0, 0.1) is 10.1 Å². The van der Waals surface area contributed by atoms with Crippen molar-refractivity contribution in [2.75, 3.05) is 7.11 Å².